The first-order valence-electron chi connectivity index (χ1n) is 7.56. The molecule has 0 atom stereocenters. The van der Waals surface area contributed by atoms with Gasteiger partial charge in [0, 0.05) is 25.4 Å². The Labute approximate surface area is 124 Å². The molecule has 112 valence electrons. The highest BCUT2D eigenvalue weighted by atomic mass is 16.3. The number of carbonyl (C=O) groups excluding carboxylic acids is 1. The molecule has 21 heavy (non-hydrogen) atoms. The van der Waals surface area contributed by atoms with E-state index in [4.69, 9.17) is 5.11 Å². The van der Waals surface area contributed by atoms with Crippen molar-refractivity contribution in [1.29, 1.82) is 0 Å². The van der Waals surface area contributed by atoms with Gasteiger partial charge in [-0.15, -0.1) is 0 Å². The number of fused-ring (bicyclic) bond motifs is 1. The summed E-state index contributed by atoms with van der Waals surface area (Å²) in [7, 11) is 0. The lowest BCUT2D eigenvalue weighted by Crippen LogP contribution is -2.34. The van der Waals surface area contributed by atoms with Crippen LogP contribution in [-0.2, 0) is 0 Å². The van der Waals surface area contributed by atoms with Crippen LogP contribution in [0, 0.1) is 6.92 Å². The Balaban J connectivity index is 1.85. The van der Waals surface area contributed by atoms with Crippen molar-refractivity contribution < 1.29 is 9.90 Å². The van der Waals surface area contributed by atoms with Gasteiger partial charge in [0.2, 0.25) is 0 Å². The van der Waals surface area contributed by atoms with Crippen LogP contribution in [0.3, 0.4) is 0 Å². The molecule has 0 aliphatic heterocycles. The number of aryl methyl sites for hydroxylation is 1. The molecule has 0 radical (unpaired) electrons. The Bertz CT molecular complexity index is 646. The Kier molecular flexibility index (Phi) is 3.92. The van der Waals surface area contributed by atoms with E-state index in [9.17, 15) is 4.79 Å². The standard InChI is InChI=1S/C16H21N3O2/c1-12-4-7-15-17-10-14(19(15)11-12)16(21)18(13-5-6-13)8-2-3-9-20/h4,7,10-11,13,20H,2-3,5-6,8-9H2,1H3. The number of hydrogen-bond donors (Lipinski definition) is 1. The molecule has 1 fully saturated rings. The molecule has 1 N–H and O–H groups in total. The number of carbonyl (C=O) groups is 1. The molecule has 0 unspecified atom stereocenters. The first-order valence-corrected chi connectivity index (χ1v) is 7.56. The van der Waals surface area contributed by atoms with E-state index in [0.717, 1.165) is 36.9 Å². The molecule has 0 aromatic carbocycles. The van der Waals surface area contributed by atoms with Crippen LogP contribution in [-0.4, -0.2) is 44.5 Å². The fraction of sp³-hybridized carbons (Fsp3) is 0.500. The second-order valence-corrected chi connectivity index (χ2v) is 5.74. The van der Waals surface area contributed by atoms with Gasteiger partial charge in [0.15, 0.2) is 0 Å². The minimum absolute atomic E-state index is 0.0496. The minimum Gasteiger partial charge on any atom is -0.396 e. The summed E-state index contributed by atoms with van der Waals surface area (Å²) < 4.78 is 1.87. The van der Waals surface area contributed by atoms with Crippen molar-refractivity contribution in [3.05, 3.63) is 35.8 Å². The van der Waals surface area contributed by atoms with Crippen LogP contribution in [0.2, 0.25) is 0 Å². The predicted molar refractivity (Wildman–Crippen MR) is 80.3 cm³/mol. The molecule has 0 spiro atoms. The van der Waals surface area contributed by atoms with E-state index >= 15 is 0 Å². The number of aliphatic hydroxyl groups excluding tert-OH is 1. The van der Waals surface area contributed by atoms with E-state index in [1.807, 2.05) is 34.6 Å². The smallest absolute Gasteiger partial charge is 0.272 e. The van der Waals surface area contributed by atoms with E-state index in [1.54, 1.807) is 6.20 Å². The Morgan fingerprint density at radius 1 is 1.43 bits per heavy atom. The average Bonchev–Trinajstić information content (AvgIpc) is 3.23. The Morgan fingerprint density at radius 2 is 2.24 bits per heavy atom. The van der Waals surface area contributed by atoms with Crippen molar-refractivity contribution in [2.24, 2.45) is 0 Å². The zero-order valence-corrected chi connectivity index (χ0v) is 12.3. The van der Waals surface area contributed by atoms with Crippen LogP contribution in [0.25, 0.3) is 5.65 Å². The molecule has 5 heteroatoms. The summed E-state index contributed by atoms with van der Waals surface area (Å²) in [6, 6.07) is 4.29. The van der Waals surface area contributed by atoms with Crippen LogP contribution < -0.4 is 0 Å². The second-order valence-electron chi connectivity index (χ2n) is 5.74. The lowest BCUT2D eigenvalue weighted by atomic mass is 10.2. The lowest BCUT2D eigenvalue weighted by molar-refractivity contribution is 0.0730. The molecule has 1 aliphatic carbocycles. The summed E-state index contributed by atoms with van der Waals surface area (Å²) in [4.78, 5) is 19.1. The first kappa shape index (κ1) is 14.1. The Morgan fingerprint density at radius 3 is 2.95 bits per heavy atom. The monoisotopic (exact) mass is 287 g/mol. The van der Waals surface area contributed by atoms with E-state index in [1.165, 1.54) is 0 Å². The van der Waals surface area contributed by atoms with Crippen molar-refractivity contribution in [2.75, 3.05) is 13.2 Å². The SMILES string of the molecule is Cc1ccc2ncc(C(=O)N(CCCCO)C3CC3)n2c1. The number of rotatable bonds is 6. The van der Waals surface area contributed by atoms with Gasteiger partial charge in [-0.2, -0.15) is 0 Å². The van der Waals surface area contributed by atoms with Gasteiger partial charge in [0.05, 0.1) is 6.20 Å². The molecule has 2 heterocycles. The van der Waals surface area contributed by atoms with E-state index in [-0.39, 0.29) is 12.5 Å². The number of nitrogens with zero attached hydrogens (tertiary/aromatic N) is 3. The molecule has 2 aromatic rings. The molecule has 1 saturated carbocycles. The zero-order valence-electron chi connectivity index (χ0n) is 12.3. The van der Waals surface area contributed by atoms with E-state index in [0.29, 0.717) is 18.3 Å². The van der Waals surface area contributed by atoms with E-state index in [2.05, 4.69) is 4.98 Å². The van der Waals surface area contributed by atoms with Crippen LogP contribution in [0.5, 0.6) is 0 Å². The third-order valence-electron chi connectivity index (χ3n) is 3.93. The predicted octanol–water partition coefficient (Wildman–Crippen LogP) is 2.02. The molecule has 1 amide bonds. The summed E-state index contributed by atoms with van der Waals surface area (Å²) in [5, 5.41) is 8.91. The third kappa shape index (κ3) is 2.93. The number of pyridine rings is 1. The van der Waals surface area contributed by atoms with Crippen molar-refractivity contribution in [3.63, 3.8) is 0 Å². The number of amides is 1. The van der Waals surface area contributed by atoms with Gasteiger partial charge in [-0.1, -0.05) is 6.07 Å². The molecule has 1 aliphatic rings. The van der Waals surface area contributed by atoms with Gasteiger partial charge in [-0.3, -0.25) is 9.20 Å². The topological polar surface area (TPSA) is 57.8 Å². The summed E-state index contributed by atoms with van der Waals surface area (Å²) in [5.41, 5.74) is 2.53. The van der Waals surface area contributed by atoms with Gasteiger partial charge in [0.25, 0.3) is 5.91 Å². The summed E-state index contributed by atoms with van der Waals surface area (Å²) in [6.07, 6.45) is 7.37. The highest BCUT2D eigenvalue weighted by Gasteiger charge is 2.33. The lowest BCUT2D eigenvalue weighted by Gasteiger charge is -2.22. The van der Waals surface area contributed by atoms with Crippen LogP contribution in [0.15, 0.2) is 24.5 Å². The molecule has 5 nitrogen and oxygen atoms in total. The highest BCUT2D eigenvalue weighted by molar-refractivity contribution is 5.93. The molecule has 0 bridgehead atoms. The Hall–Kier alpha value is -1.88. The fourth-order valence-electron chi connectivity index (χ4n) is 2.62. The van der Waals surface area contributed by atoms with Crippen molar-refractivity contribution in [2.45, 2.75) is 38.6 Å². The van der Waals surface area contributed by atoms with Crippen LogP contribution in [0.4, 0.5) is 0 Å². The zero-order chi connectivity index (χ0) is 14.8. The van der Waals surface area contributed by atoms with Gasteiger partial charge >= 0.3 is 0 Å². The largest absolute Gasteiger partial charge is 0.396 e. The molecule has 2 aromatic heterocycles. The second kappa shape index (κ2) is 5.85. The molecular weight excluding hydrogens is 266 g/mol. The van der Waals surface area contributed by atoms with E-state index < -0.39 is 0 Å². The number of hydrogen-bond acceptors (Lipinski definition) is 3. The number of aliphatic hydroxyl groups is 1. The molecule has 0 saturated heterocycles. The van der Waals surface area contributed by atoms with Gasteiger partial charge < -0.3 is 10.0 Å². The third-order valence-corrected chi connectivity index (χ3v) is 3.93. The molecular formula is C16H21N3O2. The summed E-state index contributed by atoms with van der Waals surface area (Å²) >= 11 is 0. The van der Waals surface area contributed by atoms with Gasteiger partial charge in [0.1, 0.15) is 11.3 Å². The maximum Gasteiger partial charge on any atom is 0.272 e. The maximum absolute atomic E-state index is 12.8. The number of aromatic nitrogens is 2. The van der Waals surface area contributed by atoms with Crippen molar-refractivity contribution in [3.8, 4) is 0 Å². The average molecular weight is 287 g/mol. The normalized spacial score (nSPS) is 14.6. The summed E-state index contributed by atoms with van der Waals surface area (Å²) in [6.45, 7) is 2.90. The van der Waals surface area contributed by atoms with Crippen LogP contribution in [0.1, 0.15) is 41.7 Å². The van der Waals surface area contributed by atoms with Crippen molar-refractivity contribution >= 4 is 11.6 Å². The fourth-order valence-corrected chi connectivity index (χ4v) is 2.62. The van der Waals surface area contributed by atoms with Crippen LogP contribution >= 0.6 is 0 Å². The number of unbranched alkanes of at least 4 members (excludes halogenated alkanes) is 1. The minimum atomic E-state index is 0.0496. The van der Waals surface area contributed by atoms with Gasteiger partial charge in [-0.25, -0.2) is 4.98 Å². The molecule has 3 rings (SSSR count). The first-order chi connectivity index (χ1) is 10.2. The summed E-state index contributed by atoms with van der Waals surface area (Å²) in [5.74, 6) is 0.0496. The maximum atomic E-state index is 12.8. The van der Waals surface area contributed by atoms with Gasteiger partial charge in [-0.05, 0) is 44.2 Å². The van der Waals surface area contributed by atoms with Crippen molar-refractivity contribution in [1.82, 2.24) is 14.3 Å². The highest BCUT2D eigenvalue weighted by Crippen LogP contribution is 2.28. The quantitative estimate of drug-likeness (QED) is 0.827. The number of imidazole rings is 1.